The van der Waals surface area contributed by atoms with E-state index < -0.39 is 16.8 Å². The molecule has 3 nitrogen and oxygen atoms in total. The molecule has 0 saturated heterocycles. The van der Waals surface area contributed by atoms with Crippen LogP contribution in [0.2, 0.25) is 0 Å². The van der Waals surface area contributed by atoms with Gasteiger partial charge in [0.2, 0.25) is 0 Å². The molecule has 0 amide bonds. The van der Waals surface area contributed by atoms with Gasteiger partial charge in [0.25, 0.3) is 0 Å². The lowest BCUT2D eigenvalue weighted by Gasteiger charge is -2.15. The fraction of sp³-hybridized carbons (Fsp3) is 1.00. The molecule has 152 valence electrons. The van der Waals surface area contributed by atoms with Gasteiger partial charge in [0.05, 0.1) is 0 Å². The average Bonchev–Trinajstić information content (AvgIpc) is 2.52. The number of unbranched alkanes of at least 4 members (excludes halogenated alkanes) is 8. The van der Waals surface area contributed by atoms with E-state index in [1.165, 1.54) is 64.2 Å². The van der Waals surface area contributed by atoms with Gasteiger partial charge in [-0.2, -0.15) is 0 Å². The molecule has 0 radical (unpaired) electrons. The number of hydrogen-bond donors (Lipinski definition) is 2. The maximum Gasteiger partial charge on any atom is 0.173 e. The van der Waals surface area contributed by atoms with Crippen LogP contribution in [0.4, 0.5) is 0 Å². The van der Waals surface area contributed by atoms with Crippen molar-refractivity contribution >= 4 is 16.8 Å². The molecule has 0 bridgehead atoms. The zero-order valence-electron chi connectivity index (χ0n) is 17.3. The molecule has 0 aromatic heterocycles. The molecule has 0 aliphatic heterocycles. The quantitative estimate of drug-likeness (QED) is 0.186. The molecule has 25 heavy (non-hydrogen) atoms. The fourth-order valence-electron chi connectivity index (χ4n) is 2.85. The first-order valence-electron chi connectivity index (χ1n) is 10.5. The van der Waals surface area contributed by atoms with Crippen molar-refractivity contribution in [1.29, 1.82) is 0 Å². The van der Waals surface area contributed by atoms with Crippen molar-refractivity contribution < 1.29 is 14.1 Å². The molecular weight excluding hydrogens is 350 g/mol. The molecule has 5 heteroatoms. The number of hydrogen-bond acceptors (Lipinski definition) is 3. The Balaban J connectivity index is 3.37. The molecule has 0 fully saturated rings. The molecule has 2 atom stereocenters. The largest absolute Gasteiger partial charge is 0.350 e. The summed E-state index contributed by atoms with van der Waals surface area (Å²) >= 11 is 0. The molecule has 0 aromatic rings. The molecule has 0 spiro atoms. The first-order chi connectivity index (χ1) is 11.9. The first-order valence-corrected chi connectivity index (χ1v) is 13.3. The summed E-state index contributed by atoms with van der Waals surface area (Å²) in [6.07, 6.45) is 16.2. The van der Waals surface area contributed by atoms with Gasteiger partial charge in [-0.1, -0.05) is 91.9 Å². The van der Waals surface area contributed by atoms with E-state index in [9.17, 15) is 9.79 Å². The molecule has 0 aromatic carbocycles. The fourth-order valence-corrected chi connectivity index (χ4v) is 5.36. The minimum absolute atomic E-state index is 0.716. The summed E-state index contributed by atoms with van der Waals surface area (Å²) in [6.45, 7) is 9.10. The zero-order chi connectivity index (χ0) is 18.9. The van der Waals surface area contributed by atoms with Crippen molar-refractivity contribution in [3.8, 4) is 0 Å². The van der Waals surface area contributed by atoms with Gasteiger partial charge in [-0.3, -0.25) is 4.31 Å². The second kappa shape index (κ2) is 18.1. The topological polar surface area (TPSA) is 49.7 Å². The van der Waals surface area contributed by atoms with Crippen LogP contribution in [0.1, 0.15) is 105 Å². The highest BCUT2D eigenvalue weighted by Crippen LogP contribution is 2.49. The van der Waals surface area contributed by atoms with E-state index in [2.05, 4.69) is 27.7 Å². The molecule has 0 saturated carbocycles. The van der Waals surface area contributed by atoms with E-state index in [1.807, 2.05) is 0 Å². The monoisotopic (exact) mass is 394 g/mol. The molecular formula is C20H44O3P2. The van der Waals surface area contributed by atoms with Crippen molar-refractivity contribution in [1.82, 2.24) is 0 Å². The third-order valence-electron chi connectivity index (χ3n) is 4.45. The van der Waals surface area contributed by atoms with Crippen molar-refractivity contribution in [3.63, 3.8) is 0 Å². The van der Waals surface area contributed by atoms with E-state index in [-0.39, 0.29) is 0 Å². The highest BCUT2D eigenvalue weighted by molar-refractivity contribution is 7.59. The lowest BCUT2D eigenvalue weighted by molar-refractivity contribution is 0.450. The molecule has 0 heterocycles. The van der Waals surface area contributed by atoms with Crippen LogP contribution in [0.25, 0.3) is 0 Å². The minimum atomic E-state index is -1.41. The Morgan fingerprint density at radius 1 is 0.560 bits per heavy atom. The Morgan fingerprint density at radius 2 is 0.880 bits per heavy atom. The van der Waals surface area contributed by atoms with Crippen LogP contribution in [-0.4, -0.2) is 22.1 Å². The molecule has 0 aliphatic rings. The Morgan fingerprint density at radius 3 is 1.24 bits per heavy atom. The van der Waals surface area contributed by atoms with Gasteiger partial charge in [0.15, 0.2) is 16.8 Å². The van der Waals surface area contributed by atoms with E-state index in [1.54, 1.807) is 0 Å². The second-order valence-corrected chi connectivity index (χ2v) is 11.1. The maximum absolute atomic E-state index is 9.92. The van der Waals surface area contributed by atoms with Gasteiger partial charge < -0.3 is 9.79 Å². The third-order valence-corrected chi connectivity index (χ3v) is 7.36. The maximum atomic E-state index is 9.92. The van der Waals surface area contributed by atoms with Crippen LogP contribution in [-0.2, 0) is 4.31 Å². The summed E-state index contributed by atoms with van der Waals surface area (Å²) in [5.74, 6) is 1.62. The van der Waals surface area contributed by atoms with Gasteiger partial charge in [-0.25, -0.2) is 0 Å². The SMILES string of the molecule is CC(C)CCCCCCCP(O)OP(O)CCCCCCCC(C)C. The van der Waals surface area contributed by atoms with Crippen molar-refractivity contribution in [3.05, 3.63) is 0 Å². The normalized spacial score (nSPS) is 14.4. The van der Waals surface area contributed by atoms with Crippen molar-refractivity contribution in [2.75, 3.05) is 12.3 Å². The summed E-state index contributed by atoms with van der Waals surface area (Å²) in [5.41, 5.74) is 0. The standard InChI is InChI=1S/C20H44O3P2/c1-19(2)15-11-7-5-9-13-17-24(21)23-25(22)18-14-10-6-8-12-16-20(3)4/h19-22H,5-18H2,1-4H3. The summed E-state index contributed by atoms with van der Waals surface area (Å²) in [4.78, 5) is 19.8. The summed E-state index contributed by atoms with van der Waals surface area (Å²) in [6, 6.07) is 0. The second-order valence-electron chi connectivity index (χ2n) is 8.13. The summed E-state index contributed by atoms with van der Waals surface area (Å²) < 4.78 is 5.41. The lowest BCUT2D eigenvalue weighted by Crippen LogP contribution is -1.92. The van der Waals surface area contributed by atoms with Crippen LogP contribution >= 0.6 is 16.8 Å². The van der Waals surface area contributed by atoms with Crippen LogP contribution in [0.3, 0.4) is 0 Å². The Hall–Kier alpha value is 0.740. The van der Waals surface area contributed by atoms with E-state index in [0.717, 1.165) is 24.7 Å². The van der Waals surface area contributed by atoms with E-state index in [0.29, 0.717) is 12.3 Å². The minimum Gasteiger partial charge on any atom is -0.350 e. The van der Waals surface area contributed by atoms with Gasteiger partial charge in [-0.05, 0) is 24.7 Å². The molecule has 2 unspecified atom stereocenters. The van der Waals surface area contributed by atoms with Crippen LogP contribution in [0.5, 0.6) is 0 Å². The Labute approximate surface area is 160 Å². The highest BCUT2D eigenvalue weighted by Gasteiger charge is 2.12. The third kappa shape index (κ3) is 20.9. The molecule has 0 rings (SSSR count). The predicted molar refractivity (Wildman–Crippen MR) is 114 cm³/mol. The van der Waals surface area contributed by atoms with Gasteiger partial charge in [0, 0.05) is 12.3 Å². The summed E-state index contributed by atoms with van der Waals surface area (Å²) in [7, 11) is -2.83. The number of rotatable bonds is 18. The highest BCUT2D eigenvalue weighted by atomic mass is 31.2. The molecule has 0 aliphatic carbocycles. The van der Waals surface area contributed by atoms with Gasteiger partial charge >= 0.3 is 0 Å². The van der Waals surface area contributed by atoms with Crippen molar-refractivity contribution in [2.24, 2.45) is 11.8 Å². The molecule has 2 N–H and O–H groups in total. The average molecular weight is 395 g/mol. The van der Waals surface area contributed by atoms with E-state index >= 15 is 0 Å². The van der Waals surface area contributed by atoms with Gasteiger partial charge in [0.1, 0.15) is 0 Å². The summed E-state index contributed by atoms with van der Waals surface area (Å²) in [5, 5.41) is 0. The smallest absolute Gasteiger partial charge is 0.173 e. The van der Waals surface area contributed by atoms with Crippen LogP contribution in [0.15, 0.2) is 0 Å². The van der Waals surface area contributed by atoms with Crippen molar-refractivity contribution in [2.45, 2.75) is 105 Å². The zero-order valence-corrected chi connectivity index (χ0v) is 19.0. The predicted octanol–water partition coefficient (Wildman–Crippen LogP) is 7.60. The lowest BCUT2D eigenvalue weighted by atomic mass is 10.0. The Kier molecular flexibility index (Phi) is 18.7. The van der Waals surface area contributed by atoms with Crippen LogP contribution < -0.4 is 0 Å². The van der Waals surface area contributed by atoms with Crippen LogP contribution in [0, 0.1) is 11.8 Å². The van der Waals surface area contributed by atoms with E-state index in [4.69, 9.17) is 4.31 Å². The first kappa shape index (κ1) is 25.7. The van der Waals surface area contributed by atoms with Gasteiger partial charge in [-0.15, -0.1) is 0 Å². The Bertz CT molecular complexity index is 250.